The Kier molecular flexibility index (Phi) is 6.81. The second kappa shape index (κ2) is 6.01. The first-order valence-corrected chi connectivity index (χ1v) is 12.8. The quantitative estimate of drug-likeness (QED) is 0.765. The van der Waals surface area contributed by atoms with Crippen LogP contribution < -0.4 is 3.32 Å². The number of phenols is 1. The molecule has 0 spiro atoms. The predicted molar refractivity (Wildman–Crippen MR) is 52.3 cm³/mol. The van der Waals surface area contributed by atoms with E-state index in [4.69, 9.17) is 22.3 Å². The van der Waals surface area contributed by atoms with Crippen LogP contribution in [0.2, 0.25) is 0 Å². The van der Waals surface area contributed by atoms with Gasteiger partial charge in [-0.05, 0) is 0 Å². The molecule has 0 bridgehead atoms. The number of rotatable bonds is 1. The maximum absolute atomic E-state index is 8.88. The summed E-state index contributed by atoms with van der Waals surface area (Å²) in [5.74, 6) is 0.254. The molecule has 1 N–H and O–H groups in total. The van der Waals surface area contributed by atoms with Gasteiger partial charge in [-0.25, -0.2) is 0 Å². The SMILES string of the molecule is Oc1cc[c]([In]([Cl])[Cl])cc1.[NaH]. The number of phenolic OH excluding ortho intramolecular Hbond substituents is 1. The molecule has 0 heterocycles. The molecule has 54 valence electrons. The summed E-state index contributed by atoms with van der Waals surface area (Å²) < 4.78 is 1.00. The van der Waals surface area contributed by atoms with Gasteiger partial charge >= 0.3 is 104 Å². The molecule has 11 heavy (non-hydrogen) atoms. The van der Waals surface area contributed by atoms with E-state index in [1.807, 2.05) is 0 Å². The molecule has 0 radical (unpaired) electrons. The number of hydrogen-bond acceptors (Lipinski definition) is 1. The first-order valence-electron chi connectivity index (χ1n) is 2.77. The normalized spacial score (nSPS) is 8.55. The predicted octanol–water partition coefficient (Wildman–Crippen LogP) is 0.916. The molecule has 0 saturated carbocycles. The topological polar surface area (TPSA) is 20.2 Å². The van der Waals surface area contributed by atoms with Crippen LogP contribution in [0, 0.1) is 0 Å². The fourth-order valence-corrected chi connectivity index (χ4v) is 3.95. The van der Waals surface area contributed by atoms with E-state index in [0.29, 0.717) is 0 Å². The zero-order chi connectivity index (χ0) is 7.56. The molecular formula is C6H6Cl2InNaO. The number of aromatic hydroxyl groups is 1. The van der Waals surface area contributed by atoms with E-state index in [1.165, 1.54) is 0 Å². The molecule has 5 heteroatoms. The molecule has 1 nitrogen and oxygen atoms in total. The third-order valence-corrected chi connectivity index (χ3v) is 7.06. The van der Waals surface area contributed by atoms with Gasteiger partial charge in [-0.1, -0.05) is 0 Å². The fraction of sp³-hybridized carbons (Fsp3) is 0. The van der Waals surface area contributed by atoms with Crippen LogP contribution in [0.3, 0.4) is 0 Å². The molecule has 0 amide bonds. The number of halogens is 2. The van der Waals surface area contributed by atoms with Crippen LogP contribution in [0.25, 0.3) is 0 Å². The van der Waals surface area contributed by atoms with Gasteiger partial charge in [0.2, 0.25) is 0 Å². The zero-order valence-electron chi connectivity index (χ0n) is 5.09. The summed E-state index contributed by atoms with van der Waals surface area (Å²) in [5, 5.41) is 8.88. The molecule has 0 saturated heterocycles. The third-order valence-electron chi connectivity index (χ3n) is 1.15. The summed E-state index contributed by atoms with van der Waals surface area (Å²) >= 11 is -2.33. The average molecular weight is 303 g/mol. The third kappa shape index (κ3) is 4.30. The second-order valence-electron chi connectivity index (χ2n) is 1.89. The van der Waals surface area contributed by atoms with Crippen molar-refractivity contribution in [3.8, 4) is 5.75 Å². The van der Waals surface area contributed by atoms with Crippen molar-refractivity contribution >= 4 is 69.1 Å². The van der Waals surface area contributed by atoms with Gasteiger partial charge < -0.3 is 0 Å². The average Bonchev–Trinajstić information content (AvgIpc) is 1.88. The van der Waals surface area contributed by atoms with Crippen LogP contribution in [0.15, 0.2) is 24.3 Å². The van der Waals surface area contributed by atoms with E-state index < -0.39 is 19.1 Å². The molecule has 1 rings (SSSR count). The Morgan fingerprint density at radius 3 is 1.91 bits per heavy atom. The van der Waals surface area contributed by atoms with Gasteiger partial charge in [0.25, 0.3) is 0 Å². The summed E-state index contributed by atoms with van der Waals surface area (Å²) in [5.41, 5.74) is 0. The van der Waals surface area contributed by atoms with Crippen LogP contribution in [-0.4, -0.2) is 53.7 Å². The van der Waals surface area contributed by atoms with Crippen molar-refractivity contribution in [2.45, 2.75) is 0 Å². The van der Waals surface area contributed by atoms with Crippen molar-refractivity contribution in [3.63, 3.8) is 0 Å². The van der Waals surface area contributed by atoms with Gasteiger partial charge in [0, 0.05) is 0 Å². The van der Waals surface area contributed by atoms with Crippen molar-refractivity contribution < 1.29 is 5.11 Å². The summed E-state index contributed by atoms with van der Waals surface area (Å²) in [7, 11) is 11.5. The van der Waals surface area contributed by atoms with Gasteiger partial charge in [-0.3, -0.25) is 0 Å². The molecule has 0 fully saturated rings. The maximum atomic E-state index is 8.88. The van der Waals surface area contributed by atoms with Crippen LogP contribution >= 0.6 is 17.2 Å². The van der Waals surface area contributed by atoms with E-state index in [-0.39, 0.29) is 35.3 Å². The van der Waals surface area contributed by atoms with Crippen LogP contribution in [0.1, 0.15) is 0 Å². The van der Waals surface area contributed by atoms with Gasteiger partial charge in [0.15, 0.2) is 0 Å². The molecule has 0 atom stereocenters. The summed E-state index contributed by atoms with van der Waals surface area (Å²) in [4.78, 5) is 0. The minimum absolute atomic E-state index is 0. The first kappa shape index (κ1) is 12.5. The monoisotopic (exact) mass is 302 g/mol. The Labute approximate surface area is 103 Å². The van der Waals surface area contributed by atoms with Gasteiger partial charge in [-0.15, -0.1) is 0 Å². The van der Waals surface area contributed by atoms with Crippen LogP contribution in [-0.2, 0) is 0 Å². The minimum atomic E-state index is -2.33. The van der Waals surface area contributed by atoms with Crippen molar-refractivity contribution in [2.24, 2.45) is 0 Å². The van der Waals surface area contributed by atoms with Gasteiger partial charge in [-0.2, -0.15) is 0 Å². The van der Waals surface area contributed by atoms with Crippen molar-refractivity contribution in [3.05, 3.63) is 24.3 Å². The van der Waals surface area contributed by atoms with E-state index in [0.717, 1.165) is 3.32 Å². The summed E-state index contributed by atoms with van der Waals surface area (Å²) in [6.07, 6.45) is 0. The Balaban J connectivity index is 0.000001000. The summed E-state index contributed by atoms with van der Waals surface area (Å²) in [6, 6.07) is 6.75. The van der Waals surface area contributed by atoms with E-state index in [9.17, 15) is 0 Å². The van der Waals surface area contributed by atoms with Crippen molar-refractivity contribution in [1.29, 1.82) is 0 Å². The Hall–Kier alpha value is 1.47. The van der Waals surface area contributed by atoms with Crippen molar-refractivity contribution in [1.82, 2.24) is 0 Å². The fourth-order valence-electron chi connectivity index (χ4n) is 0.620. The zero-order valence-corrected chi connectivity index (χ0v) is 9.90. The van der Waals surface area contributed by atoms with Crippen LogP contribution in [0.4, 0.5) is 0 Å². The number of benzene rings is 1. The molecule has 0 unspecified atom stereocenters. The molecule has 0 aliphatic heterocycles. The molecule has 1 aromatic rings. The first-order chi connectivity index (χ1) is 4.70. The summed E-state index contributed by atoms with van der Waals surface area (Å²) in [6.45, 7) is 0. The molecular weight excluding hydrogens is 297 g/mol. The van der Waals surface area contributed by atoms with E-state index in [1.54, 1.807) is 24.3 Å². The van der Waals surface area contributed by atoms with Gasteiger partial charge in [0.05, 0.1) is 0 Å². The van der Waals surface area contributed by atoms with Crippen molar-refractivity contribution in [2.75, 3.05) is 0 Å². The Bertz CT molecular complexity index is 214. The second-order valence-corrected chi connectivity index (χ2v) is 12.9. The Morgan fingerprint density at radius 1 is 1.09 bits per heavy atom. The number of hydrogen-bond donors (Lipinski definition) is 1. The molecule has 0 aromatic heterocycles. The van der Waals surface area contributed by atoms with E-state index in [2.05, 4.69) is 0 Å². The molecule has 1 aromatic carbocycles. The molecule has 0 aliphatic rings. The standard InChI is InChI=1S/C6H5O.2ClH.In.Na.H/c7-6-4-2-1-3-5-6;;;;;/h2-5,7H;2*1H;;;/q;;;+2;;/p-2. The van der Waals surface area contributed by atoms with Crippen LogP contribution in [0.5, 0.6) is 5.75 Å². The molecule has 0 aliphatic carbocycles. The Morgan fingerprint density at radius 2 is 1.55 bits per heavy atom. The van der Waals surface area contributed by atoms with Gasteiger partial charge in [0.1, 0.15) is 0 Å². The van der Waals surface area contributed by atoms with E-state index >= 15 is 0 Å².